The van der Waals surface area contributed by atoms with Crippen LogP contribution >= 0.6 is 11.3 Å². The molecule has 1 N–H and O–H groups in total. The second kappa shape index (κ2) is 7.53. The molecule has 2 aromatic rings. The third-order valence-electron chi connectivity index (χ3n) is 5.20. The van der Waals surface area contributed by atoms with E-state index in [9.17, 15) is 14.9 Å². The first kappa shape index (κ1) is 17.7. The van der Waals surface area contributed by atoms with Gasteiger partial charge in [0, 0.05) is 4.88 Å². The Labute approximate surface area is 162 Å². The fraction of sp³-hybridized carbons (Fsp3) is 0.381. The Morgan fingerprint density at radius 2 is 1.93 bits per heavy atom. The second-order valence-electron chi connectivity index (χ2n) is 6.99. The molecule has 0 saturated carbocycles. The van der Waals surface area contributed by atoms with Gasteiger partial charge < -0.3 is 10.1 Å². The number of nitrogens with one attached hydrogen (secondary N) is 1. The van der Waals surface area contributed by atoms with Crippen LogP contribution in [0.1, 0.15) is 56.8 Å². The van der Waals surface area contributed by atoms with Crippen LogP contribution in [0.4, 0.5) is 5.00 Å². The van der Waals surface area contributed by atoms with Crippen LogP contribution in [-0.2, 0) is 35.2 Å². The molecule has 0 unspecified atom stereocenters. The van der Waals surface area contributed by atoms with Crippen LogP contribution in [0.5, 0.6) is 0 Å². The maximum atomic E-state index is 12.3. The van der Waals surface area contributed by atoms with Gasteiger partial charge in [0.15, 0.2) is 6.61 Å². The minimum absolute atomic E-state index is 0.358. The number of rotatable bonds is 4. The van der Waals surface area contributed by atoms with Crippen molar-refractivity contribution in [3.63, 3.8) is 0 Å². The number of aryl methyl sites for hydroxylation is 3. The van der Waals surface area contributed by atoms with E-state index in [0.29, 0.717) is 16.1 Å². The normalized spacial score (nSPS) is 14.8. The monoisotopic (exact) mass is 380 g/mol. The third-order valence-corrected chi connectivity index (χ3v) is 6.41. The summed E-state index contributed by atoms with van der Waals surface area (Å²) >= 11 is 1.45. The van der Waals surface area contributed by atoms with Crippen LogP contribution in [-0.4, -0.2) is 18.5 Å². The number of carbonyl (C=O) groups is 2. The van der Waals surface area contributed by atoms with Crippen molar-refractivity contribution < 1.29 is 14.3 Å². The van der Waals surface area contributed by atoms with Gasteiger partial charge in [0.25, 0.3) is 5.91 Å². The molecule has 6 heteroatoms. The number of benzene rings is 1. The van der Waals surface area contributed by atoms with E-state index in [2.05, 4.69) is 11.4 Å². The smallest absolute Gasteiger partial charge is 0.338 e. The Kier molecular flexibility index (Phi) is 4.95. The number of hydrogen-bond acceptors (Lipinski definition) is 5. The van der Waals surface area contributed by atoms with Crippen LogP contribution in [0.3, 0.4) is 0 Å². The summed E-state index contributed by atoms with van der Waals surface area (Å²) in [4.78, 5) is 25.6. The number of carbonyl (C=O) groups excluding carboxylic acids is 2. The van der Waals surface area contributed by atoms with Crippen molar-refractivity contribution >= 4 is 28.2 Å². The zero-order valence-electron chi connectivity index (χ0n) is 15.0. The standard InChI is InChI=1S/C21H20N2O3S/c22-11-17-16-6-3-7-18(16)27-20(17)23-19(24)12-26-21(25)15-9-8-13-4-1-2-5-14(13)10-15/h8-10H,1-7,12H2,(H,23,24). The number of hydrogen-bond donors (Lipinski definition) is 1. The molecule has 1 aromatic heterocycles. The van der Waals surface area contributed by atoms with Gasteiger partial charge in [0.2, 0.25) is 0 Å². The molecule has 138 valence electrons. The first-order valence-electron chi connectivity index (χ1n) is 9.29. The SMILES string of the molecule is N#Cc1c(NC(=O)COC(=O)c2ccc3c(c2)CCCC3)sc2c1CCC2. The highest BCUT2D eigenvalue weighted by Gasteiger charge is 2.23. The molecule has 0 spiro atoms. The molecule has 0 bridgehead atoms. The van der Waals surface area contributed by atoms with Gasteiger partial charge in [0.05, 0.1) is 11.1 Å². The van der Waals surface area contributed by atoms with E-state index in [1.807, 2.05) is 12.1 Å². The molecule has 2 aliphatic rings. The molecule has 27 heavy (non-hydrogen) atoms. The van der Waals surface area contributed by atoms with Crippen LogP contribution in [0.2, 0.25) is 0 Å². The summed E-state index contributed by atoms with van der Waals surface area (Å²) in [5.41, 5.74) is 4.60. The van der Waals surface area contributed by atoms with Gasteiger partial charge in [-0.25, -0.2) is 4.79 Å². The minimum atomic E-state index is -0.493. The summed E-state index contributed by atoms with van der Waals surface area (Å²) in [6, 6.07) is 7.82. The Bertz CT molecular complexity index is 955. The molecule has 1 aromatic carbocycles. The molecule has 0 aliphatic heterocycles. The largest absolute Gasteiger partial charge is 0.452 e. The van der Waals surface area contributed by atoms with E-state index < -0.39 is 11.9 Å². The molecular formula is C21H20N2O3S. The number of nitriles is 1. The van der Waals surface area contributed by atoms with E-state index in [1.165, 1.54) is 33.8 Å². The van der Waals surface area contributed by atoms with Crippen molar-refractivity contribution in [2.24, 2.45) is 0 Å². The Morgan fingerprint density at radius 1 is 1.11 bits per heavy atom. The fourth-order valence-corrected chi connectivity index (χ4v) is 5.10. The number of anilines is 1. The van der Waals surface area contributed by atoms with Gasteiger partial charge >= 0.3 is 5.97 Å². The van der Waals surface area contributed by atoms with Crippen molar-refractivity contribution in [1.82, 2.24) is 0 Å². The quantitative estimate of drug-likeness (QED) is 0.819. The lowest BCUT2D eigenvalue weighted by molar-refractivity contribution is -0.119. The molecule has 0 atom stereocenters. The van der Waals surface area contributed by atoms with Gasteiger partial charge in [-0.05, 0) is 73.8 Å². The summed E-state index contributed by atoms with van der Waals surface area (Å²) in [5.74, 6) is -0.912. The van der Waals surface area contributed by atoms with Crippen molar-refractivity contribution in [3.05, 3.63) is 50.9 Å². The van der Waals surface area contributed by atoms with Crippen LogP contribution in [0, 0.1) is 11.3 Å². The van der Waals surface area contributed by atoms with Crippen LogP contribution < -0.4 is 5.32 Å². The van der Waals surface area contributed by atoms with Crippen LogP contribution in [0.15, 0.2) is 18.2 Å². The Balaban J connectivity index is 1.37. The maximum absolute atomic E-state index is 12.3. The molecule has 0 fully saturated rings. The van der Waals surface area contributed by atoms with Gasteiger partial charge in [-0.3, -0.25) is 4.79 Å². The Morgan fingerprint density at radius 3 is 2.74 bits per heavy atom. The number of esters is 1. The highest BCUT2D eigenvalue weighted by atomic mass is 32.1. The van der Waals surface area contributed by atoms with E-state index in [0.717, 1.165) is 44.1 Å². The van der Waals surface area contributed by atoms with E-state index in [4.69, 9.17) is 4.74 Å². The average molecular weight is 380 g/mol. The zero-order chi connectivity index (χ0) is 18.8. The van der Waals surface area contributed by atoms with E-state index >= 15 is 0 Å². The summed E-state index contributed by atoms with van der Waals surface area (Å²) in [6.07, 6.45) is 7.27. The maximum Gasteiger partial charge on any atom is 0.338 e. The lowest BCUT2D eigenvalue weighted by atomic mass is 9.90. The summed E-state index contributed by atoms with van der Waals surface area (Å²) in [5, 5.41) is 12.7. The summed E-state index contributed by atoms with van der Waals surface area (Å²) in [7, 11) is 0. The fourth-order valence-electron chi connectivity index (χ4n) is 3.85. The Hall–Kier alpha value is -2.65. The van der Waals surface area contributed by atoms with Crippen molar-refractivity contribution in [2.75, 3.05) is 11.9 Å². The third kappa shape index (κ3) is 3.60. The molecule has 5 nitrogen and oxygen atoms in total. The lowest BCUT2D eigenvalue weighted by Crippen LogP contribution is -2.21. The molecule has 1 heterocycles. The summed E-state index contributed by atoms with van der Waals surface area (Å²) in [6.45, 7) is -0.358. The lowest BCUT2D eigenvalue weighted by Gasteiger charge is -2.16. The van der Waals surface area contributed by atoms with Gasteiger partial charge in [-0.1, -0.05) is 6.07 Å². The summed E-state index contributed by atoms with van der Waals surface area (Å²) < 4.78 is 5.17. The van der Waals surface area contributed by atoms with Crippen molar-refractivity contribution in [3.8, 4) is 6.07 Å². The molecule has 0 radical (unpaired) electrons. The number of thiophene rings is 1. The minimum Gasteiger partial charge on any atom is -0.452 e. The van der Waals surface area contributed by atoms with Gasteiger partial charge in [-0.2, -0.15) is 5.26 Å². The topological polar surface area (TPSA) is 79.2 Å². The second-order valence-corrected chi connectivity index (χ2v) is 8.09. The number of ether oxygens (including phenoxy) is 1. The van der Waals surface area contributed by atoms with Gasteiger partial charge in [0.1, 0.15) is 11.1 Å². The van der Waals surface area contributed by atoms with Crippen LogP contribution in [0.25, 0.3) is 0 Å². The predicted molar refractivity (Wildman–Crippen MR) is 103 cm³/mol. The zero-order valence-corrected chi connectivity index (χ0v) is 15.8. The van der Waals surface area contributed by atoms with E-state index in [1.54, 1.807) is 6.07 Å². The first-order chi connectivity index (χ1) is 13.2. The molecule has 0 saturated heterocycles. The van der Waals surface area contributed by atoms with E-state index in [-0.39, 0.29) is 6.61 Å². The molecule has 2 aliphatic carbocycles. The highest BCUT2D eigenvalue weighted by Crippen LogP contribution is 2.38. The number of nitrogens with zero attached hydrogens (tertiary/aromatic N) is 1. The van der Waals surface area contributed by atoms with Crippen molar-refractivity contribution in [2.45, 2.75) is 44.9 Å². The number of fused-ring (bicyclic) bond motifs is 2. The molecule has 4 rings (SSSR count). The molecular weight excluding hydrogens is 360 g/mol. The van der Waals surface area contributed by atoms with Crippen molar-refractivity contribution in [1.29, 1.82) is 5.26 Å². The average Bonchev–Trinajstić information content (AvgIpc) is 3.26. The highest BCUT2D eigenvalue weighted by molar-refractivity contribution is 7.16. The molecule has 1 amide bonds. The van der Waals surface area contributed by atoms with Gasteiger partial charge in [-0.15, -0.1) is 11.3 Å². The number of amides is 1. The first-order valence-corrected chi connectivity index (χ1v) is 10.1. The predicted octanol–water partition coefficient (Wildman–Crippen LogP) is 3.78.